The molecule has 1 rings (SSSR count). The maximum absolute atomic E-state index is 11.3. The van der Waals surface area contributed by atoms with Crippen molar-refractivity contribution in [2.75, 3.05) is 18.1 Å². The van der Waals surface area contributed by atoms with Gasteiger partial charge in [0.2, 0.25) is 0 Å². The summed E-state index contributed by atoms with van der Waals surface area (Å²) in [6.07, 6.45) is 3.63. The maximum Gasteiger partial charge on any atom is 0.319 e. The number of hydrogen-bond donors (Lipinski definition) is 2. The van der Waals surface area contributed by atoms with Gasteiger partial charge in [-0.3, -0.25) is 0 Å². The molecule has 0 spiro atoms. The first kappa shape index (κ1) is 11.7. The second-order valence-electron chi connectivity index (χ2n) is 2.86. The van der Waals surface area contributed by atoms with Gasteiger partial charge < -0.3 is 10.6 Å². The number of amides is 2. The number of benzene rings is 1. The van der Waals surface area contributed by atoms with Crippen molar-refractivity contribution >= 4 is 23.5 Å². The van der Waals surface area contributed by atoms with E-state index < -0.39 is 0 Å². The lowest BCUT2D eigenvalue weighted by Gasteiger charge is -2.06. The van der Waals surface area contributed by atoms with E-state index in [1.54, 1.807) is 17.8 Å². The first-order valence-corrected chi connectivity index (χ1v) is 5.78. The van der Waals surface area contributed by atoms with E-state index in [9.17, 15) is 4.79 Å². The topological polar surface area (TPSA) is 41.1 Å². The first-order chi connectivity index (χ1) is 7.26. The van der Waals surface area contributed by atoms with Crippen LogP contribution in [-0.4, -0.2) is 18.8 Å². The lowest BCUT2D eigenvalue weighted by atomic mass is 10.3. The van der Waals surface area contributed by atoms with Crippen LogP contribution in [0.25, 0.3) is 0 Å². The molecular formula is C11H14N2OS. The Morgan fingerprint density at radius 1 is 1.60 bits per heavy atom. The zero-order chi connectivity index (χ0) is 11.1. The summed E-state index contributed by atoms with van der Waals surface area (Å²) in [5, 5.41) is 5.38. The van der Waals surface area contributed by atoms with Crippen molar-refractivity contribution in [2.24, 2.45) is 0 Å². The number of carbonyl (C=O) groups excluding carboxylic acids is 1. The molecule has 0 aliphatic heterocycles. The van der Waals surface area contributed by atoms with Gasteiger partial charge in [0.1, 0.15) is 0 Å². The SMILES string of the molecule is C=CCNC(=O)Nc1cccc(SC)c1. The molecule has 2 N–H and O–H groups in total. The van der Waals surface area contributed by atoms with E-state index >= 15 is 0 Å². The maximum atomic E-state index is 11.3. The fraction of sp³-hybridized carbons (Fsp3) is 0.182. The summed E-state index contributed by atoms with van der Waals surface area (Å²) in [6, 6.07) is 7.48. The highest BCUT2D eigenvalue weighted by molar-refractivity contribution is 7.98. The summed E-state index contributed by atoms with van der Waals surface area (Å²) in [6.45, 7) is 3.99. The highest BCUT2D eigenvalue weighted by Crippen LogP contribution is 2.18. The average molecular weight is 222 g/mol. The van der Waals surface area contributed by atoms with Gasteiger partial charge in [-0.2, -0.15) is 0 Å². The Balaban J connectivity index is 2.55. The summed E-state index contributed by atoms with van der Waals surface area (Å²) < 4.78 is 0. The minimum absolute atomic E-state index is 0.215. The van der Waals surface area contributed by atoms with Crippen molar-refractivity contribution < 1.29 is 4.79 Å². The fourth-order valence-electron chi connectivity index (χ4n) is 1.04. The van der Waals surface area contributed by atoms with Gasteiger partial charge in [-0.25, -0.2) is 4.79 Å². The van der Waals surface area contributed by atoms with Crippen molar-refractivity contribution in [1.82, 2.24) is 5.32 Å². The van der Waals surface area contributed by atoms with Crippen molar-refractivity contribution in [3.05, 3.63) is 36.9 Å². The molecule has 0 aliphatic carbocycles. The third kappa shape index (κ3) is 4.08. The van der Waals surface area contributed by atoms with Crippen LogP contribution in [0.4, 0.5) is 10.5 Å². The number of urea groups is 1. The molecule has 0 fully saturated rings. The van der Waals surface area contributed by atoms with Gasteiger partial charge in [0, 0.05) is 17.1 Å². The average Bonchev–Trinajstić information content (AvgIpc) is 2.26. The van der Waals surface area contributed by atoms with Crippen LogP contribution < -0.4 is 10.6 Å². The Hall–Kier alpha value is -1.42. The first-order valence-electron chi connectivity index (χ1n) is 4.56. The molecule has 4 heteroatoms. The van der Waals surface area contributed by atoms with Crippen LogP contribution in [0, 0.1) is 0 Å². The third-order valence-electron chi connectivity index (χ3n) is 1.73. The highest BCUT2D eigenvalue weighted by atomic mass is 32.2. The standard InChI is InChI=1S/C11H14N2OS/c1-3-7-12-11(14)13-9-5-4-6-10(8-9)15-2/h3-6,8H,1,7H2,2H3,(H2,12,13,14). The van der Waals surface area contributed by atoms with Crippen molar-refractivity contribution in [1.29, 1.82) is 0 Å². The lowest BCUT2D eigenvalue weighted by Crippen LogP contribution is -2.28. The largest absolute Gasteiger partial charge is 0.334 e. The summed E-state index contributed by atoms with van der Waals surface area (Å²) in [5.74, 6) is 0. The Bertz CT molecular complexity index is 352. The van der Waals surface area contributed by atoms with E-state index in [0.717, 1.165) is 10.6 Å². The fourth-order valence-corrected chi connectivity index (χ4v) is 1.50. The van der Waals surface area contributed by atoms with Crippen molar-refractivity contribution in [3.63, 3.8) is 0 Å². The lowest BCUT2D eigenvalue weighted by molar-refractivity contribution is 0.253. The normalized spacial score (nSPS) is 9.40. The monoisotopic (exact) mass is 222 g/mol. The van der Waals surface area contributed by atoms with Crippen molar-refractivity contribution in [3.8, 4) is 0 Å². The second kappa shape index (κ2) is 6.14. The second-order valence-corrected chi connectivity index (χ2v) is 3.74. The summed E-state index contributed by atoms with van der Waals surface area (Å²) in [4.78, 5) is 12.4. The van der Waals surface area contributed by atoms with Crippen molar-refractivity contribution in [2.45, 2.75) is 4.90 Å². The van der Waals surface area contributed by atoms with Crippen LogP contribution in [0.3, 0.4) is 0 Å². The predicted molar refractivity (Wildman–Crippen MR) is 65.4 cm³/mol. The van der Waals surface area contributed by atoms with Crippen LogP contribution in [0.15, 0.2) is 41.8 Å². The molecule has 1 aromatic rings. The highest BCUT2D eigenvalue weighted by Gasteiger charge is 1.99. The molecule has 0 unspecified atom stereocenters. The number of anilines is 1. The van der Waals surface area contributed by atoms with Gasteiger partial charge in [-0.05, 0) is 24.5 Å². The Kier molecular flexibility index (Phi) is 4.77. The predicted octanol–water partition coefficient (Wildman–Crippen LogP) is 2.72. The molecule has 0 radical (unpaired) electrons. The molecule has 1 aromatic carbocycles. The van der Waals surface area contributed by atoms with Gasteiger partial charge in [-0.1, -0.05) is 12.1 Å². The van der Waals surface area contributed by atoms with Gasteiger partial charge in [0.05, 0.1) is 0 Å². The number of carbonyl (C=O) groups is 1. The zero-order valence-electron chi connectivity index (χ0n) is 8.62. The van der Waals surface area contributed by atoms with E-state index in [1.807, 2.05) is 30.5 Å². The summed E-state index contributed by atoms with van der Waals surface area (Å²) in [7, 11) is 0. The number of hydrogen-bond acceptors (Lipinski definition) is 2. The van der Waals surface area contributed by atoms with Crippen LogP contribution in [0.2, 0.25) is 0 Å². The molecule has 0 heterocycles. The molecule has 0 aliphatic rings. The molecule has 0 saturated heterocycles. The molecule has 0 aromatic heterocycles. The minimum Gasteiger partial charge on any atom is -0.334 e. The molecular weight excluding hydrogens is 208 g/mol. The number of rotatable bonds is 4. The third-order valence-corrected chi connectivity index (χ3v) is 2.46. The van der Waals surface area contributed by atoms with Crippen LogP contribution in [-0.2, 0) is 0 Å². The van der Waals surface area contributed by atoms with E-state index in [-0.39, 0.29) is 6.03 Å². The van der Waals surface area contributed by atoms with Gasteiger partial charge in [0.15, 0.2) is 0 Å². The molecule has 0 atom stereocenters. The summed E-state index contributed by atoms with van der Waals surface area (Å²) in [5.41, 5.74) is 0.795. The Morgan fingerprint density at radius 3 is 3.07 bits per heavy atom. The Morgan fingerprint density at radius 2 is 2.40 bits per heavy atom. The smallest absolute Gasteiger partial charge is 0.319 e. The van der Waals surface area contributed by atoms with Gasteiger partial charge >= 0.3 is 6.03 Å². The zero-order valence-corrected chi connectivity index (χ0v) is 9.43. The summed E-state index contributed by atoms with van der Waals surface area (Å²) >= 11 is 1.64. The molecule has 15 heavy (non-hydrogen) atoms. The van der Waals surface area contributed by atoms with Crippen LogP contribution in [0.1, 0.15) is 0 Å². The molecule has 80 valence electrons. The number of nitrogens with one attached hydrogen (secondary N) is 2. The van der Waals surface area contributed by atoms with E-state index in [0.29, 0.717) is 6.54 Å². The van der Waals surface area contributed by atoms with E-state index in [2.05, 4.69) is 17.2 Å². The van der Waals surface area contributed by atoms with E-state index in [4.69, 9.17) is 0 Å². The molecule has 3 nitrogen and oxygen atoms in total. The molecule has 0 saturated carbocycles. The van der Waals surface area contributed by atoms with Gasteiger partial charge in [-0.15, -0.1) is 18.3 Å². The quantitative estimate of drug-likeness (QED) is 0.607. The molecule has 0 bridgehead atoms. The van der Waals surface area contributed by atoms with Gasteiger partial charge in [0.25, 0.3) is 0 Å². The molecule has 2 amide bonds. The Labute approximate surface area is 94.0 Å². The minimum atomic E-state index is -0.215. The van der Waals surface area contributed by atoms with Crippen LogP contribution in [0.5, 0.6) is 0 Å². The van der Waals surface area contributed by atoms with E-state index in [1.165, 1.54) is 0 Å². The van der Waals surface area contributed by atoms with Crippen LogP contribution >= 0.6 is 11.8 Å². The number of thioether (sulfide) groups is 1.